The zero-order chi connectivity index (χ0) is 23.2. The Balaban J connectivity index is 1.66. The maximum Gasteiger partial charge on any atom is 0.0640 e. The minimum Gasteiger partial charge on any atom is -0.342 e. The van der Waals surface area contributed by atoms with Crippen LogP contribution in [0.3, 0.4) is 0 Å². The first kappa shape index (κ1) is 19.9. The van der Waals surface area contributed by atoms with E-state index in [0.29, 0.717) is 0 Å². The van der Waals surface area contributed by atoms with E-state index in [-0.39, 0.29) is 0 Å². The van der Waals surface area contributed by atoms with E-state index in [1.807, 2.05) is 0 Å². The van der Waals surface area contributed by atoms with Crippen LogP contribution in [0, 0.1) is 0 Å². The summed E-state index contributed by atoms with van der Waals surface area (Å²) in [7, 11) is 0. The lowest BCUT2D eigenvalue weighted by molar-refractivity contribution is 0.839. The summed E-state index contributed by atoms with van der Waals surface area (Å²) in [6, 6.07) is 45.7. The molecule has 0 aliphatic heterocycles. The normalized spacial score (nSPS) is 11.5. The molecule has 5 aromatic carbocycles. The van der Waals surface area contributed by atoms with Crippen molar-refractivity contribution in [2.75, 3.05) is 0 Å². The summed E-state index contributed by atoms with van der Waals surface area (Å²) in [5.74, 6) is 0. The molecule has 0 saturated carbocycles. The summed E-state index contributed by atoms with van der Waals surface area (Å²) in [6.07, 6.45) is 2.24. The lowest BCUT2D eigenvalue weighted by atomic mass is 9.99. The molecule has 0 aliphatic carbocycles. The fourth-order valence-corrected chi connectivity index (χ4v) is 5.45. The third kappa shape index (κ3) is 3.18. The molecule has 0 amide bonds. The van der Waals surface area contributed by atoms with Gasteiger partial charge in [0.05, 0.1) is 16.6 Å². The van der Waals surface area contributed by atoms with Gasteiger partial charge in [-0.3, -0.25) is 0 Å². The second kappa shape index (κ2) is 8.03. The monoisotopic (exact) mass is 448 g/mol. The third-order valence-electron chi connectivity index (χ3n) is 6.96. The van der Waals surface area contributed by atoms with Crippen molar-refractivity contribution in [3.05, 3.63) is 139 Å². The summed E-state index contributed by atoms with van der Waals surface area (Å²) in [4.78, 5) is 0. The van der Waals surface area contributed by atoms with Crippen LogP contribution in [-0.2, 0) is 6.54 Å². The van der Waals surface area contributed by atoms with Gasteiger partial charge >= 0.3 is 0 Å². The predicted molar refractivity (Wildman–Crippen MR) is 147 cm³/mol. The van der Waals surface area contributed by atoms with Gasteiger partial charge in [0, 0.05) is 40.2 Å². The highest BCUT2D eigenvalue weighted by Crippen LogP contribution is 2.42. The van der Waals surface area contributed by atoms with Crippen LogP contribution in [0.2, 0.25) is 0 Å². The van der Waals surface area contributed by atoms with Crippen LogP contribution >= 0.6 is 0 Å². The molecular weight excluding hydrogens is 424 g/mol. The number of para-hydroxylation sites is 2. The van der Waals surface area contributed by atoms with Crippen LogP contribution in [-0.4, -0.2) is 9.13 Å². The molecule has 0 atom stereocenters. The Bertz CT molecular complexity index is 1790. The quantitative estimate of drug-likeness (QED) is 0.256. The van der Waals surface area contributed by atoms with Gasteiger partial charge in [0.15, 0.2) is 0 Å². The Labute approximate surface area is 204 Å². The Morgan fingerprint density at radius 2 is 1.23 bits per heavy atom. The minimum atomic E-state index is 0.842. The first-order valence-electron chi connectivity index (χ1n) is 12.1. The number of hydrogen-bond acceptors (Lipinski definition) is 0. The molecule has 0 aliphatic rings. The van der Waals surface area contributed by atoms with E-state index in [9.17, 15) is 0 Å². The molecule has 7 aromatic rings. The van der Waals surface area contributed by atoms with Crippen molar-refractivity contribution in [2.45, 2.75) is 6.54 Å². The molecule has 0 radical (unpaired) electrons. The molecule has 2 heterocycles. The Morgan fingerprint density at radius 1 is 0.571 bits per heavy atom. The van der Waals surface area contributed by atoms with Crippen molar-refractivity contribution in [3.63, 3.8) is 0 Å². The fourth-order valence-electron chi connectivity index (χ4n) is 5.45. The topological polar surface area (TPSA) is 9.86 Å². The number of fused-ring (bicyclic) bond motifs is 5. The van der Waals surface area contributed by atoms with Crippen LogP contribution in [0.1, 0.15) is 5.56 Å². The first-order valence-corrected chi connectivity index (χ1v) is 12.1. The zero-order valence-electron chi connectivity index (χ0n) is 19.3. The van der Waals surface area contributed by atoms with Crippen LogP contribution in [0.15, 0.2) is 134 Å². The van der Waals surface area contributed by atoms with Gasteiger partial charge in [-0.2, -0.15) is 0 Å². The summed E-state index contributed by atoms with van der Waals surface area (Å²) in [5.41, 5.74) is 8.73. The van der Waals surface area contributed by atoms with Crippen molar-refractivity contribution in [3.8, 4) is 16.8 Å². The van der Waals surface area contributed by atoms with Crippen LogP contribution in [0.4, 0.5) is 0 Å². The summed E-state index contributed by atoms with van der Waals surface area (Å²) < 4.78 is 4.84. The number of nitrogens with zero attached hydrogens (tertiary/aromatic N) is 2. The van der Waals surface area contributed by atoms with Gasteiger partial charge in [-0.05, 0) is 41.5 Å². The SMILES string of the molecule is c1ccc(Cn2ccc3cc(-c4ccccc4)c4c(c5ccccc5n4-c4ccccc4)c32)cc1. The Morgan fingerprint density at radius 3 is 2.00 bits per heavy atom. The Hall–Kier alpha value is -4.56. The molecule has 2 aromatic heterocycles. The van der Waals surface area contributed by atoms with E-state index in [2.05, 4.69) is 143 Å². The Kier molecular flexibility index (Phi) is 4.56. The molecule has 0 spiro atoms. The highest BCUT2D eigenvalue weighted by molar-refractivity contribution is 6.24. The lowest BCUT2D eigenvalue weighted by Crippen LogP contribution is -1.99. The van der Waals surface area contributed by atoms with Crippen molar-refractivity contribution in [2.24, 2.45) is 0 Å². The molecule has 7 rings (SSSR count). The van der Waals surface area contributed by atoms with E-state index in [0.717, 1.165) is 6.54 Å². The molecule has 0 N–H and O–H groups in total. The van der Waals surface area contributed by atoms with Gasteiger partial charge in [-0.1, -0.05) is 97.1 Å². The minimum absolute atomic E-state index is 0.842. The van der Waals surface area contributed by atoms with E-state index >= 15 is 0 Å². The van der Waals surface area contributed by atoms with Crippen molar-refractivity contribution in [1.29, 1.82) is 0 Å². The van der Waals surface area contributed by atoms with Gasteiger partial charge in [0.1, 0.15) is 0 Å². The van der Waals surface area contributed by atoms with Crippen LogP contribution < -0.4 is 0 Å². The maximum absolute atomic E-state index is 2.44. The molecule has 0 fully saturated rings. The third-order valence-corrected chi connectivity index (χ3v) is 6.96. The zero-order valence-corrected chi connectivity index (χ0v) is 19.3. The standard InChI is InChI=1S/C33H24N2/c1-4-12-24(13-5-1)23-34-21-20-26-22-29(25-14-6-2-7-15-25)33-31(32(26)34)28-18-10-11-19-30(28)35(33)27-16-8-3-9-17-27/h1-22H,23H2. The smallest absolute Gasteiger partial charge is 0.0640 e. The van der Waals surface area contributed by atoms with Crippen molar-refractivity contribution >= 4 is 32.7 Å². The molecule has 2 heteroatoms. The van der Waals surface area contributed by atoms with E-state index in [1.165, 1.54) is 55.1 Å². The van der Waals surface area contributed by atoms with E-state index in [4.69, 9.17) is 0 Å². The molecular formula is C33H24N2. The predicted octanol–water partition coefficient (Wildman–Crippen LogP) is 8.45. The highest BCUT2D eigenvalue weighted by atomic mass is 15.0. The molecule has 0 bridgehead atoms. The fraction of sp³-hybridized carbons (Fsp3) is 0.0303. The van der Waals surface area contributed by atoms with Gasteiger partial charge in [-0.15, -0.1) is 0 Å². The largest absolute Gasteiger partial charge is 0.342 e. The molecule has 0 unspecified atom stereocenters. The molecule has 35 heavy (non-hydrogen) atoms. The van der Waals surface area contributed by atoms with Crippen LogP contribution in [0.25, 0.3) is 49.5 Å². The second-order valence-electron chi connectivity index (χ2n) is 9.07. The molecule has 166 valence electrons. The second-order valence-corrected chi connectivity index (χ2v) is 9.07. The van der Waals surface area contributed by atoms with Crippen molar-refractivity contribution in [1.82, 2.24) is 9.13 Å². The summed E-state index contributed by atoms with van der Waals surface area (Å²) in [5, 5.41) is 3.85. The summed E-state index contributed by atoms with van der Waals surface area (Å²) in [6.45, 7) is 0.842. The number of benzene rings is 5. The number of hydrogen-bond donors (Lipinski definition) is 0. The molecule has 2 nitrogen and oxygen atoms in total. The number of rotatable bonds is 4. The average Bonchev–Trinajstić information content (AvgIpc) is 3.48. The lowest BCUT2D eigenvalue weighted by Gasteiger charge is -2.14. The van der Waals surface area contributed by atoms with Gasteiger partial charge in [-0.25, -0.2) is 0 Å². The van der Waals surface area contributed by atoms with Gasteiger partial charge in [0.2, 0.25) is 0 Å². The van der Waals surface area contributed by atoms with E-state index in [1.54, 1.807) is 0 Å². The first-order chi connectivity index (χ1) is 17.4. The van der Waals surface area contributed by atoms with Crippen LogP contribution in [0.5, 0.6) is 0 Å². The van der Waals surface area contributed by atoms with Gasteiger partial charge in [0.25, 0.3) is 0 Å². The van der Waals surface area contributed by atoms with Gasteiger partial charge < -0.3 is 9.13 Å². The van der Waals surface area contributed by atoms with Crippen molar-refractivity contribution < 1.29 is 0 Å². The molecule has 0 saturated heterocycles. The average molecular weight is 449 g/mol. The number of aromatic nitrogens is 2. The van der Waals surface area contributed by atoms with E-state index < -0.39 is 0 Å². The summed E-state index contributed by atoms with van der Waals surface area (Å²) >= 11 is 0. The highest BCUT2D eigenvalue weighted by Gasteiger charge is 2.21. The maximum atomic E-state index is 2.44.